The molecule has 0 saturated heterocycles. The first-order chi connectivity index (χ1) is 8.81. The molecule has 2 aromatic rings. The number of nitrogens with zero attached hydrogens (tertiary/aromatic N) is 1. The summed E-state index contributed by atoms with van der Waals surface area (Å²) in [5.41, 5.74) is 1.80. The first-order valence-electron chi connectivity index (χ1n) is 5.71. The summed E-state index contributed by atoms with van der Waals surface area (Å²) in [7, 11) is 0. The number of hydrogen-bond donors (Lipinski definition) is 1. The number of nitrogens with one attached hydrogen (secondary N) is 1. The topological polar surface area (TPSA) is 64.4 Å². The molecule has 18 heavy (non-hydrogen) atoms. The van der Waals surface area contributed by atoms with Crippen LogP contribution in [0.25, 0.3) is 11.1 Å². The smallest absolute Gasteiger partial charge is 0.325 e. The van der Waals surface area contributed by atoms with Crippen molar-refractivity contribution in [2.75, 3.05) is 18.5 Å². The van der Waals surface area contributed by atoms with Crippen LogP contribution in [-0.2, 0) is 9.53 Å². The third kappa shape index (κ3) is 2.88. The maximum atomic E-state index is 11.2. The fourth-order valence-electron chi connectivity index (χ4n) is 1.55. The van der Waals surface area contributed by atoms with Crippen molar-refractivity contribution < 1.29 is 14.1 Å². The van der Waals surface area contributed by atoms with Crippen LogP contribution in [0, 0.1) is 0 Å². The van der Waals surface area contributed by atoms with Crippen LogP contribution in [0.5, 0.6) is 0 Å². The van der Waals surface area contributed by atoms with E-state index in [1.165, 1.54) is 0 Å². The molecule has 1 aromatic carbocycles. The second kappa shape index (κ2) is 5.86. The van der Waals surface area contributed by atoms with Gasteiger partial charge in [-0.2, -0.15) is 0 Å². The molecule has 0 unspecified atom stereocenters. The standard InChI is InChI=1S/C13H14N2O3/c1-2-17-12(16)9-14-13-11(8-15-18-13)10-6-4-3-5-7-10/h3-8,14H,2,9H2,1H3. The molecule has 0 aliphatic carbocycles. The first kappa shape index (κ1) is 12.2. The fourth-order valence-corrected chi connectivity index (χ4v) is 1.55. The Balaban J connectivity index is 2.07. The number of rotatable bonds is 5. The van der Waals surface area contributed by atoms with Gasteiger partial charge in [0.2, 0.25) is 5.88 Å². The van der Waals surface area contributed by atoms with Crippen molar-refractivity contribution in [1.82, 2.24) is 5.16 Å². The number of carbonyl (C=O) groups excluding carboxylic acids is 1. The summed E-state index contributed by atoms with van der Waals surface area (Å²) in [6, 6.07) is 9.68. The van der Waals surface area contributed by atoms with Gasteiger partial charge < -0.3 is 14.6 Å². The Kier molecular flexibility index (Phi) is 3.96. The molecule has 0 fully saturated rings. The van der Waals surface area contributed by atoms with Gasteiger partial charge in [-0.1, -0.05) is 35.5 Å². The average molecular weight is 246 g/mol. The molecule has 2 rings (SSSR count). The summed E-state index contributed by atoms with van der Waals surface area (Å²) in [5, 5.41) is 6.61. The Morgan fingerprint density at radius 3 is 2.89 bits per heavy atom. The van der Waals surface area contributed by atoms with Crippen molar-refractivity contribution in [3.63, 3.8) is 0 Å². The van der Waals surface area contributed by atoms with Crippen LogP contribution in [0.2, 0.25) is 0 Å². The zero-order valence-electron chi connectivity index (χ0n) is 10.1. The maximum absolute atomic E-state index is 11.2. The number of carbonyl (C=O) groups is 1. The number of benzene rings is 1. The summed E-state index contributed by atoms with van der Waals surface area (Å²) in [4.78, 5) is 11.2. The van der Waals surface area contributed by atoms with Crippen LogP contribution in [0.1, 0.15) is 6.92 Å². The summed E-state index contributed by atoms with van der Waals surface area (Å²) < 4.78 is 9.90. The second-order valence-electron chi connectivity index (χ2n) is 3.59. The zero-order chi connectivity index (χ0) is 12.8. The molecule has 94 valence electrons. The lowest BCUT2D eigenvalue weighted by atomic mass is 10.1. The van der Waals surface area contributed by atoms with Crippen LogP contribution < -0.4 is 5.32 Å². The number of esters is 1. The van der Waals surface area contributed by atoms with Crippen LogP contribution in [0.15, 0.2) is 41.1 Å². The predicted molar refractivity (Wildman–Crippen MR) is 67.1 cm³/mol. The van der Waals surface area contributed by atoms with Crippen LogP contribution >= 0.6 is 0 Å². The van der Waals surface area contributed by atoms with Crippen molar-refractivity contribution >= 4 is 11.9 Å². The van der Waals surface area contributed by atoms with Gasteiger partial charge in [0, 0.05) is 0 Å². The maximum Gasteiger partial charge on any atom is 0.325 e. The van der Waals surface area contributed by atoms with E-state index in [4.69, 9.17) is 9.26 Å². The summed E-state index contributed by atoms with van der Waals surface area (Å²) in [6.07, 6.45) is 1.61. The van der Waals surface area contributed by atoms with E-state index in [1.807, 2.05) is 30.3 Å². The molecule has 1 N–H and O–H groups in total. The van der Waals surface area contributed by atoms with Crippen molar-refractivity contribution in [2.24, 2.45) is 0 Å². The lowest BCUT2D eigenvalue weighted by Gasteiger charge is -2.04. The Labute approximate surface area is 105 Å². The van der Waals surface area contributed by atoms with Gasteiger partial charge >= 0.3 is 5.97 Å². The van der Waals surface area contributed by atoms with Crippen molar-refractivity contribution in [3.05, 3.63) is 36.5 Å². The number of hydrogen-bond acceptors (Lipinski definition) is 5. The van der Waals surface area contributed by atoms with E-state index in [-0.39, 0.29) is 12.5 Å². The van der Waals surface area contributed by atoms with Gasteiger partial charge in [0.1, 0.15) is 6.54 Å². The van der Waals surface area contributed by atoms with E-state index in [0.29, 0.717) is 12.5 Å². The molecular formula is C13H14N2O3. The number of ether oxygens (including phenoxy) is 1. The quantitative estimate of drug-likeness (QED) is 0.820. The molecule has 0 aliphatic heterocycles. The minimum absolute atomic E-state index is 0.0584. The molecule has 1 aromatic heterocycles. The van der Waals surface area contributed by atoms with Gasteiger partial charge in [-0.05, 0) is 12.5 Å². The first-order valence-corrected chi connectivity index (χ1v) is 5.71. The summed E-state index contributed by atoms with van der Waals surface area (Å²) >= 11 is 0. The number of anilines is 1. The summed E-state index contributed by atoms with van der Waals surface area (Å²) in [6.45, 7) is 2.19. The second-order valence-corrected chi connectivity index (χ2v) is 3.59. The van der Waals surface area contributed by atoms with E-state index < -0.39 is 0 Å². The highest BCUT2D eigenvalue weighted by molar-refractivity contribution is 5.78. The van der Waals surface area contributed by atoms with Gasteiger partial charge in [-0.15, -0.1) is 0 Å². The van der Waals surface area contributed by atoms with Gasteiger partial charge in [0.15, 0.2) is 0 Å². The van der Waals surface area contributed by atoms with Gasteiger partial charge in [-0.25, -0.2) is 0 Å². The molecule has 0 spiro atoms. The molecule has 0 amide bonds. The van der Waals surface area contributed by atoms with Crippen LogP contribution in [0.3, 0.4) is 0 Å². The highest BCUT2D eigenvalue weighted by Gasteiger charge is 2.11. The van der Waals surface area contributed by atoms with E-state index >= 15 is 0 Å². The molecule has 5 heteroatoms. The number of aromatic nitrogens is 1. The van der Waals surface area contributed by atoms with Gasteiger partial charge in [0.25, 0.3) is 0 Å². The third-order valence-electron chi connectivity index (χ3n) is 2.35. The van der Waals surface area contributed by atoms with Crippen LogP contribution in [-0.4, -0.2) is 24.3 Å². The molecule has 1 heterocycles. The zero-order valence-corrected chi connectivity index (χ0v) is 10.1. The normalized spacial score (nSPS) is 10.1. The van der Waals surface area contributed by atoms with Gasteiger partial charge in [0.05, 0.1) is 18.4 Å². The third-order valence-corrected chi connectivity index (χ3v) is 2.35. The Hall–Kier alpha value is -2.30. The Morgan fingerprint density at radius 2 is 2.17 bits per heavy atom. The molecule has 0 aliphatic rings. The minimum atomic E-state index is -0.326. The minimum Gasteiger partial charge on any atom is -0.465 e. The van der Waals surface area contributed by atoms with E-state index in [1.54, 1.807) is 13.1 Å². The monoisotopic (exact) mass is 246 g/mol. The van der Waals surface area contributed by atoms with Crippen LogP contribution in [0.4, 0.5) is 5.88 Å². The van der Waals surface area contributed by atoms with E-state index in [9.17, 15) is 4.79 Å². The predicted octanol–water partition coefficient (Wildman–Crippen LogP) is 2.32. The van der Waals surface area contributed by atoms with Crippen molar-refractivity contribution in [2.45, 2.75) is 6.92 Å². The SMILES string of the molecule is CCOC(=O)CNc1oncc1-c1ccccc1. The lowest BCUT2D eigenvalue weighted by molar-refractivity contribution is -0.140. The lowest BCUT2D eigenvalue weighted by Crippen LogP contribution is -2.16. The fraction of sp³-hybridized carbons (Fsp3) is 0.231. The molecule has 0 radical (unpaired) electrons. The Morgan fingerprint density at radius 1 is 1.39 bits per heavy atom. The van der Waals surface area contributed by atoms with E-state index in [0.717, 1.165) is 11.1 Å². The van der Waals surface area contributed by atoms with E-state index in [2.05, 4.69) is 10.5 Å². The highest BCUT2D eigenvalue weighted by atomic mass is 16.5. The Bertz CT molecular complexity index is 508. The van der Waals surface area contributed by atoms with Gasteiger partial charge in [-0.3, -0.25) is 4.79 Å². The summed E-state index contributed by atoms with van der Waals surface area (Å²) in [5.74, 6) is 0.141. The highest BCUT2D eigenvalue weighted by Crippen LogP contribution is 2.27. The molecule has 0 bridgehead atoms. The molecule has 0 atom stereocenters. The van der Waals surface area contributed by atoms with Crippen molar-refractivity contribution in [3.8, 4) is 11.1 Å². The van der Waals surface area contributed by atoms with Crippen molar-refractivity contribution in [1.29, 1.82) is 0 Å². The molecule has 0 saturated carbocycles. The molecule has 5 nitrogen and oxygen atoms in total. The largest absolute Gasteiger partial charge is 0.465 e. The molecular weight excluding hydrogens is 232 g/mol. The average Bonchev–Trinajstić information content (AvgIpc) is 2.86.